The maximum absolute atomic E-state index is 11.5. The third-order valence-electron chi connectivity index (χ3n) is 3.39. The number of hydrogen-bond donors (Lipinski definition) is 1. The van der Waals surface area contributed by atoms with Crippen molar-refractivity contribution in [3.8, 4) is 5.75 Å². The molecule has 1 aliphatic rings. The van der Waals surface area contributed by atoms with Crippen molar-refractivity contribution in [2.45, 2.75) is 32.4 Å². The van der Waals surface area contributed by atoms with Crippen molar-refractivity contribution in [2.24, 2.45) is 11.7 Å². The van der Waals surface area contributed by atoms with Gasteiger partial charge >= 0.3 is 0 Å². The molecular weight excluding hydrogens is 262 g/mol. The van der Waals surface area contributed by atoms with Crippen LogP contribution in [0.1, 0.15) is 31.9 Å². The summed E-state index contributed by atoms with van der Waals surface area (Å²) in [4.78, 5) is 0. The second-order valence-corrected chi connectivity index (χ2v) is 7.66. The molecular formula is C14H21NO3S. The Kier molecular flexibility index (Phi) is 4.16. The molecule has 1 saturated heterocycles. The highest BCUT2D eigenvalue weighted by molar-refractivity contribution is 7.91. The minimum atomic E-state index is -2.89. The zero-order valence-corrected chi connectivity index (χ0v) is 12.2. The molecule has 4 nitrogen and oxygen atoms in total. The molecule has 0 aliphatic carbocycles. The van der Waals surface area contributed by atoms with Crippen molar-refractivity contribution >= 4 is 9.84 Å². The molecule has 0 amide bonds. The van der Waals surface area contributed by atoms with E-state index >= 15 is 0 Å². The Hall–Kier alpha value is -1.07. The first kappa shape index (κ1) is 14.3. The fourth-order valence-electron chi connectivity index (χ4n) is 2.45. The highest BCUT2D eigenvalue weighted by atomic mass is 32.2. The maximum atomic E-state index is 11.5. The van der Waals surface area contributed by atoms with Crippen LogP contribution in [0.15, 0.2) is 24.3 Å². The van der Waals surface area contributed by atoms with Crippen LogP contribution in [-0.4, -0.2) is 26.0 Å². The van der Waals surface area contributed by atoms with Gasteiger partial charge in [0.25, 0.3) is 0 Å². The Balaban J connectivity index is 2.13. The van der Waals surface area contributed by atoms with Crippen LogP contribution in [0.25, 0.3) is 0 Å². The van der Waals surface area contributed by atoms with Crippen molar-refractivity contribution in [2.75, 3.05) is 11.5 Å². The molecule has 2 unspecified atom stereocenters. The Labute approximate surface area is 114 Å². The molecule has 106 valence electrons. The zero-order valence-electron chi connectivity index (χ0n) is 11.4. The molecule has 0 bridgehead atoms. The van der Waals surface area contributed by atoms with Gasteiger partial charge in [-0.3, -0.25) is 0 Å². The molecule has 19 heavy (non-hydrogen) atoms. The highest BCUT2D eigenvalue weighted by Crippen LogP contribution is 2.31. The largest absolute Gasteiger partial charge is 0.491 e. The second-order valence-electron chi connectivity index (χ2n) is 5.43. The van der Waals surface area contributed by atoms with E-state index in [9.17, 15) is 8.42 Å². The van der Waals surface area contributed by atoms with Crippen LogP contribution >= 0.6 is 0 Å². The first-order chi connectivity index (χ1) is 8.87. The SMILES string of the molecule is CC(C)Oc1cccc(C(N)C2CCS(=O)(=O)C2)c1. The molecule has 0 saturated carbocycles. The molecule has 1 heterocycles. The van der Waals surface area contributed by atoms with Crippen LogP contribution in [0.5, 0.6) is 5.75 Å². The fourth-order valence-corrected chi connectivity index (χ4v) is 4.30. The third-order valence-corrected chi connectivity index (χ3v) is 5.18. The number of sulfone groups is 1. The summed E-state index contributed by atoms with van der Waals surface area (Å²) in [5.74, 6) is 1.25. The lowest BCUT2D eigenvalue weighted by Gasteiger charge is -2.19. The lowest BCUT2D eigenvalue weighted by atomic mass is 9.93. The van der Waals surface area contributed by atoms with E-state index in [1.165, 1.54) is 0 Å². The predicted molar refractivity (Wildman–Crippen MR) is 75.9 cm³/mol. The van der Waals surface area contributed by atoms with Gasteiger partial charge in [0.1, 0.15) is 5.75 Å². The number of benzene rings is 1. The second kappa shape index (κ2) is 5.51. The first-order valence-corrected chi connectivity index (χ1v) is 8.42. The predicted octanol–water partition coefficient (Wildman–Crippen LogP) is 1.91. The van der Waals surface area contributed by atoms with E-state index in [1.807, 2.05) is 38.1 Å². The Morgan fingerprint density at radius 2 is 2.11 bits per heavy atom. The number of ether oxygens (including phenoxy) is 1. The summed E-state index contributed by atoms with van der Waals surface area (Å²) < 4.78 is 28.7. The molecule has 5 heteroatoms. The smallest absolute Gasteiger partial charge is 0.150 e. The van der Waals surface area contributed by atoms with E-state index < -0.39 is 9.84 Å². The van der Waals surface area contributed by atoms with Crippen LogP contribution < -0.4 is 10.5 Å². The van der Waals surface area contributed by atoms with Gasteiger partial charge in [-0.1, -0.05) is 12.1 Å². The molecule has 2 rings (SSSR count). The normalized spacial score (nSPS) is 23.5. The van der Waals surface area contributed by atoms with Gasteiger partial charge in [-0.25, -0.2) is 8.42 Å². The van der Waals surface area contributed by atoms with E-state index in [1.54, 1.807) is 0 Å². The molecule has 1 fully saturated rings. The topological polar surface area (TPSA) is 69.4 Å². The van der Waals surface area contributed by atoms with Gasteiger partial charge in [-0.15, -0.1) is 0 Å². The van der Waals surface area contributed by atoms with E-state index in [0.29, 0.717) is 6.42 Å². The minimum absolute atomic E-state index is 0.0132. The Bertz CT molecular complexity index is 539. The molecule has 1 aromatic rings. The van der Waals surface area contributed by atoms with Gasteiger partial charge in [0.15, 0.2) is 9.84 Å². The number of nitrogens with two attached hydrogens (primary N) is 1. The third kappa shape index (κ3) is 3.70. The van der Waals surface area contributed by atoms with Gasteiger partial charge in [0, 0.05) is 6.04 Å². The van der Waals surface area contributed by atoms with Gasteiger partial charge in [0.05, 0.1) is 17.6 Å². The van der Waals surface area contributed by atoms with Crippen molar-refractivity contribution in [3.63, 3.8) is 0 Å². The van der Waals surface area contributed by atoms with E-state index in [0.717, 1.165) is 11.3 Å². The standard InChI is InChI=1S/C14H21NO3S/c1-10(2)18-13-5-3-4-11(8-13)14(15)12-6-7-19(16,17)9-12/h3-5,8,10,12,14H,6-7,9,15H2,1-2H3. The van der Waals surface area contributed by atoms with Crippen molar-refractivity contribution in [3.05, 3.63) is 29.8 Å². The average Bonchev–Trinajstić information content (AvgIpc) is 2.68. The molecule has 2 atom stereocenters. The fraction of sp³-hybridized carbons (Fsp3) is 0.571. The Morgan fingerprint density at radius 1 is 1.37 bits per heavy atom. The minimum Gasteiger partial charge on any atom is -0.491 e. The zero-order chi connectivity index (χ0) is 14.0. The first-order valence-electron chi connectivity index (χ1n) is 6.60. The van der Waals surface area contributed by atoms with Gasteiger partial charge in [-0.2, -0.15) is 0 Å². The van der Waals surface area contributed by atoms with E-state index in [-0.39, 0.29) is 29.6 Å². The van der Waals surface area contributed by atoms with E-state index in [2.05, 4.69) is 0 Å². The van der Waals surface area contributed by atoms with Gasteiger partial charge < -0.3 is 10.5 Å². The van der Waals surface area contributed by atoms with Crippen LogP contribution in [0.2, 0.25) is 0 Å². The molecule has 0 aromatic heterocycles. The lowest BCUT2D eigenvalue weighted by molar-refractivity contribution is 0.242. The maximum Gasteiger partial charge on any atom is 0.150 e. The highest BCUT2D eigenvalue weighted by Gasteiger charge is 2.32. The molecule has 2 N–H and O–H groups in total. The van der Waals surface area contributed by atoms with Crippen LogP contribution in [0, 0.1) is 5.92 Å². The summed E-state index contributed by atoms with van der Waals surface area (Å²) in [6.07, 6.45) is 0.761. The average molecular weight is 283 g/mol. The molecule has 1 aliphatic heterocycles. The molecule has 1 aromatic carbocycles. The van der Waals surface area contributed by atoms with Gasteiger partial charge in [-0.05, 0) is 43.9 Å². The lowest BCUT2D eigenvalue weighted by Crippen LogP contribution is -2.22. The number of rotatable bonds is 4. The summed E-state index contributed by atoms with van der Waals surface area (Å²) in [6.45, 7) is 3.94. The number of hydrogen-bond acceptors (Lipinski definition) is 4. The van der Waals surface area contributed by atoms with Gasteiger partial charge in [0.2, 0.25) is 0 Å². The van der Waals surface area contributed by atoms with E-state index in [4.69, 9.17) is 10.5 Å². The summed E-state index contributed by atoms with van der Waals surface area (Å²) in [7, 11) is -2.89. The van der Waals surface area contributed by atoms with Crippen LogP contribution in [0.3, 0.4) is 0 Å². The summed E-state index contributed by atoms with van der Waals surface area (Å²) in [5.41, 5.74) is 7.15. The van der Waals surface area contributed by atoms with Crippen LogP contribution in [0.4, 0.5) is 0 Å². The monoisotopic (exact) mass is 283 g/mol. The quantitative estimate of drug-likeness (QED) is 0.916. The summed E-state index contributed by atoms with van der Waals surface area (Å²) in [5, 5.41) is 0. The van der Waals surface area contributed by atoms with Crippen LogP contribution in [-0.2, 0) is 9.84 Å². The summed E-state index contributed by atoms with van der Waals surface area (Å²) in [6, 6.07) is 7.39. The molecule has 0 radical (unpaired) electrons. The molecule has 0 spiro atoms. The van der Waals surface area contributed by atoms with Crippen molar-refractivity contribution < 1.29 is 13.2 Å². The summed E-state index contributed by atoms with van der Waals surface area (Å²) >= 11 is 0. The van der Waals surface area contributed by atoms with Crippen molar-refractivity contribution in [1.82, 2.24) is 0 Å². The van der Waals surface area contributed by atoms with Crippen molar-refractivity contribution in [1.29, 1.82) is 0 Å². The Morgan fingerprint density at radius 3 is 2.68 bits per heavy atom.